The van der Waals surface area contributed by atoms with Crippen LogP contribution in [-0.2, 0) is 0 Å². The van der Waals surface area contributed by atoms with E-state index in [1.54, 1.807) is 0 Å². The second-order valence-corrected chi connectivity index (χ2v) is 4.00. The van der Waals surface area contributed by atoms with Crippen LogP contribution in [0.2, 0.25) is 5.02 Å². The van der Waals surface area contributed by atoms with Gasteiger partial charge in [-0.3, -0.25) is 0 Å². The van der Waals surface area contributed by atoms with Gasteiger partial charge in [-0.1, -0.05) is 17.7 Å². The lowest BCUT2D eigenvalue weighted by Crippen LogP contribution is -2.38. The molecule has 0 aliphatic carbocycles. The van der Waals surface area contributed by atoms with Crippen LogP contribution in [0.1, 0.15) is 18.1 Å². The highest BCUT2D eigenvalue weighted by atomic mass is 35.5. The van der Waals surface area contributed by atoms with Gasteiger partial charge < -0.3 is 10.8 Å². The van der Waals surface area contributed by atoms with Crippen molar-refractivity contribution in [3.05, 3.63) is 34.6 Å². The van der Waals surface area contributed by atoms with E-state index in [0.29, 0.717) is 0 Å². The van der Waals surface area contributed by atoms with Crippen molar-refractivity contribution in [1.82, 2.24) is 0 Å². The number of halogens is 5. The highest BCUT2D eigenvalue weighted by molar-refractivity contribution is 6.30. The molecule has 0 radical (unpaired) electrons. The van der Waals surface area contributed by atoms with Gasteiger partial charge in [-0.05, 0) is 12.1 Å². The summed E-state index contributed by atoms with van der Waals surface area (Å²) in [7, 11) is 0. The molecular formula is C10H10ClF4NO. The molecule has 17 heavy (non-hydrogen) atoms. The maximum Gasteiger partial charge on any atom is 0.403 e. The number of aliphatic hydroxyl groups excluding tert-OH is 1. The topological polar surface area (TPSA) is 46.2 Å². The Kier molecular flexibility index (Phi) is 4.35. The SMILES string of the molecule is N[C@@H](C[C@@H](O)c1ccc(Cl)cc1F)C(F)(F)F. The minimum Gasteiger partial charge on any atom is -0.388 e. The minimum absolute atomic E-state index is 0.0959. The van der Waals surface area contributed by atoms with E-state index in [1.807, 2.05) is 0 Å². The van der Waals surface area contributed by atoms with Crippen molar-refractivity contribution >= 4 is 11.6 Å². The first-order valence-corrected chi connectivity index (χ1v) is 5.05. The van der Waals surface area contributed by atoms with Crippen LogP contribution < -0.4 is 5.73 Å². The molecule has 0 heterocycles. The zero-order chi connectivity index (χ0) is 13.2. The van der Waals surface area contributed by atoms with Gasteiger partial charge >= 0.3 is 6.18 Å². The van der Waals surface area contributed by atoms with E-state index in [0.717, 1.165) is 12.1 Å². The zero-order valence-electron chi connectivity index (χ0n) is 8.51. The molecule has 0 spiro atoms. The molecule has 0 aliphatic rings. The van der Waals surface area contributed by atoms with Crippen molar-refractivity contribution in [2.75, 3.05) is 0 Å². The van der Waals surface area contributed by atoms with Crippen LogP contribution in [-0.4, -0.2) is 17.3 Å². The van der Waals surface area contributed by atoms with E-state index in [9.17, 15) is 22.7 Å². The molecule has 96 valence electrons. The average molecular weight is 272 g/mol. The molecule has 1 aromatic carbocycles. The molecule has 0 fully saturated rings. The third kappa shape index (κ3) is 3.83. The van der Waals surface area contributed by atoms with Crippen LogP contribution >= 0.6 is 11.6 Å². The van der Waals surface area contributed by atoms with Crippen LogP contribution in [0.4, 0.5) is 17.6 Å². The summed E-state index contributed by atoms with van der Waals surface area (Å²) >= 11 is 5.47. The van der Waals surface area contributed by atoms with Gasteiger partial charge in [0, 0.05) is 17.0 Å². The van der Waals surface area contributed by atoms with E-state index >= 15 is 0 Å². The molecule has 1 aromatic rings. The number of rotatable bonds is 3. The number of hydrogen-bond donors (Lipinski definition) is 2. The first kappa shape index (κ1) is 14.2. The van der Waals surface area contributed by atoms with E-state index in [-0.39, 0.29) is 10.6 Å². The Morgan fingerprint density at radius 1 is 1.35 bits per heavy atom. The van der Waals surface area contributed by atoms with E-state index in [1.165, 1.54) is 6.07 Å². The van der Waals surface area contributed by atoms with Crippen LogP contribution in [0.5, 0.6) is 0 Å². The summed E-state index contributed by atoms with van der Waals surface area (Å²) in [5.41, 5.74) is 4.58. The van der Waals surface area contributed by atoms with Gasteiger partial charge in [-0.15, -0.1) is 0 Å². The van der Waals surface area contributed by atoms with Crippen molar-refractivity contribution in [3.8, 4) is 0 Å². The predicted molar refractivity (Wildman–Crippen MR) is 55.0 cm³/mol. The molecule has 7 heteroatoms. The Labute approximate surface area is 100.0 Å². The van der Waals surface area contributed by atoms with Gasteiger partial charge in [-0.25, -0.2) is 4.39 Å². The van der Waals surface area contributed by atoms with Crippen LogP contribution in [0, 0.1) is 5.82 Å². The van der Waals surface area contributed by atoms with E-state index in [2.05, 4.69) is 0 Å². The lowest BCUT2D eigenvalue weighted by molar-refractivity contribution is -0.154. The van der Waals surface area contributed by atoms with E-state index < -0.39 is 30.6 Å². The molecule has 0 saturated heterocycles. The lowest BCUT2D eigenvalue weighted by Gasteiger charge is -2.19. The molecule has 1 rings (SSSR count). The standard InChI is InChI=1S/C10H10ClF4NO/c11-5-1-2-6(7(12)3-5)8(17)4-9(16)10(13,14)15/h1-3,8-9,17H,4,16H2/t8-,9+/m1/s1. The van der Waals surface area contributed by atoms with Gasteiger partial charge in [0.25, 0.3) is 0 Å². The monoisotopic (exact) mass is 271 g/mol. The van der Waals surface area contributed by atoms with Gasteiger partial charge in [0.2, 0.25) is 0 Å². The third-order valence-electron chi connectivity index (χ3n) is 2.22. The van der Waals surface area contributed by atoms with E-state index in [4.69, 9.17) is 17.3 Å². The predicted octanol–water partition coefficient (Wildman–Crippen LogP) is 2.79. The van der Waals surface area contributed by atoms with Crippen molar-refractivity contribution in [2.24, 2.45) is 5.73 Å². The summed E-state index contributed by atoms with van der Waals surface area (Å²) in [4.78, 5) is 0. The Hall–Kier alpha value is -0.850. The second kappa shape index (κ2) is 5.20. The summed E-state index contributed by atoms with van der Waals surface area (Å²) in [5.74, 6) is -0.862. The van der Waals surface area contributed by atoms with Gasteiger partial charge in [0.15, 0.2) is 0 Å². The Morgan fingerprint density at radius 2 is 1.94 bits per heavy atom. The van der Waals surface area contributed by atoms with Crippen LogP contribution in [0.3, 0.4) is 0 Å². The molecular weight excluding hydrogens is 262 g/mol. The molecule has 0 aliphatic heterocycles. The number of benzene rings is 1. The molecule has 0 aromatic heterocycles. The Morgan fingerprint density at radius 3 is 2.41 bits per heavy atom. The van der Waals surface area contributed by atoms with Crippen molar-refractivity contribution in [2.45, 2.75) is 24.7 Å². The van der Waals surface area contributed by atoms with Crippen LogP contribution in [0.25, 0.3) is 0 Å². The summed E-state index contributed by atoms with van der Waals surface area (Å²) in [5, 5.41) is 9.56. The molecule has 0 amide bonds. The second-order valence-electron chi connectivity index (χ2n) is 3.57. The molecule has 2 nitrogen and oxygen atoms in total. The molecule has 3 N–H and O–H groups in total. The highest BCUT2D eigenvalue weighted by Crippen LogP contribution is 2.28. The van der Waals surface area contributed by atoms with Gasteiger partial charge in [0.1, 0.15) is 11.9 Å². The van der Waals surface area contributed by atoms with Crippen molar-refractivity contribution in [1.29, 1.82) is 0 Å². The summed E-state index contributed by atoms with van der Waals surface area (Å²) in [6.07, 6.45) is -7.05. The Bertz CT molecular complexity index is 396. The maximum atomic E-state index is 13.3. The quantitative estimate of drug-likeness (QED) is 0.831. The molecule has 0 saturated carbocycles. The summed E-state index contributed by atoms with van der Waals surface area (Å²) in [6.45, 7) is 0. The van der Waals surface area contributed by atoms with Gasteiger partial charge in [-0.2, -0.15) is 13.2 Å². The summed E-state index contributed by atoms with van der Waals surface area (Å²) < 4.78 is 49.7. The molecule has 2 atom stereocenters. The van der Waals surface area contributed by atoms with Crippen molar-refractivity contribution < 1.29 is 22.7 Å². The lowest BCUT2D eigenvalue weighted by atomic mass is 10.0. The fourth-order valence-corrected chi connectivity index (χ4v) is 1.43. The number of alkyl halides is 3. The first-order chi connectivity index (χ1) is 7.71. The smallest absolute Gasteiger partial charge is 0.388 e. The van der Waals surface area contributed by atoms with Crippen molar-refractivity contribution in [3.63, 3.8) is 0 Å². The number of aliphatic hydroxyl groups is 1. The van der Waals surface area contributed by atoms with Crippen LogP contribution in [0.15, 0.2) is 18.2 Å². The zero-order valence-corrected chi connectivity index (χ0v) is 9.26. The number of hydrogen-bond acceptors (Lipinski definition) is 2. The molecule has 0 bridgehead atoms. The minimum atomic E-state index is -4.62. The average Bonchev–Trinajstić information content (AvgIpc) is 2.15. The first-order valence-electron chi connectivity index (χ1n) is 4.67. The Balaban J connectivity index is 2.80. The largest absolute Gasteiger partial charge is 0.403 e. The normalized spacial score (nSPS) is 15.7. The third-order valence-corrected chi connectivity index (χ3v) is 2.45. The highest BCUT2D eigenvalue weighted by Gasteiger charge is 2.38. The fourth-order valence-electron chi connectivity index (χ4n) is 1.27. The maximum absolute atomic E-state index is 13.3. The number of nitrogens with two attached hydrogens (primary N) is 1. The molecule has 0 unspecified atom stereocenters. The summed E-state index contributed by atoms with van der Waals surface area (Å²) in [6, 6.07) is 1.13. The fraction of sp³-hybridized carbons (Fsp3) is 0.400. The van der Waals surface area contributed by atoms with Gasteiger partial charge in [0.05, 0.1) is 6.10 Å².